The van der Waals surface area contributed by atoms with Crippen molar-refractivity contribution in [3.63, 3.8) is 0 Å². The molecular weight excluding hydrogens is 284 g/mol. The van der Waals surface area contributed by atoms with Crippen LogP contribution in [0.5, 0.6) is 0 Å². The lowest BCUT2D eigenvalue weighted by Crippen LogP contribution is -2.63. The van der Waals surface area contributed by atoms with Crippen molar-refractivity contribution < 1.29 is 4.79 Å². The second kappa shape index (κ2) is 5.47. The second-order valence-electron chi connectivity index (χ2n) is 9.89. The smallest absolute Gasteiger partial charge is 0.240 e. The zero-order valence-electron chi connectivity index (χ0n) is 15.2. The van der Waals surface area contributed by atoms with Crippen molar-refractivity contribution in [1.29, 1.82) is 0 Å². The van der Waals surface area contributed by atoms with E-state index in [1.54, 1.807) is 0 Å². The molecule has 130 valence electrons. The average molecular weight is 319 g/mol. The van der Waals surface area contributed by atoms with Gasteiger partial charge in [-0.25, -0.2) is 0 Å². The molecule has 2 unspecified atom stereocenters. The molecule has 1 aliphatic heterocycles. The summed E-state index contributed by atoms with van der Waals surface area (Å²) in [5, 5.41) is 3.54. The molecule has 0 aromatic carbocycles. The number of likely N-dealkylation sites (tertiary alicyclic amines) is 1. The van der Waals surface area contributed by atoms with Crippen LogP contribution in [0.15, 0.2) is 0 Å². The summed E-state index contributed by atoms with van der Waals surface area (Å²) in [7, 11) is 0. The van der Waals surface area contributed by atoms with E-state index in [2.05, 4.69) is 31.0 Å². The highest BCUT2D eigenvalue weighted by Gasteiger charge is 2.54. The topological polar surface area (TPSA) is 32.3 Å². The lowest BCUT2D eigenvalue weighted by molar-refractivity contribution is -0.138. The molecule has 5 aliphatic rings. The Morgan fingerprint density at radius 3 is 2.22 bits per heavy atom. The normalized spacial score (nSPS) is 43.6. The molecule has 3 nitrogen and oxygen atoms in total. The average Bonchev–Trinajstić information content (AvgIpc) is 2.50. The predicted octanol–water partition coefficient (Wildman–Crippen LogP) is 3.58. The van der Waals surface area contributed by atoms with Crippen molar-refractivity contribution in [2.24, 2.45) is 23.2 Å². The third kappa shape index (κ3) is 2.73. The van der Waals surface area contributed by atoms with Gasteiger partial charge in [-0.3, -0.25) is 9.69 Å². The minimum atomic E-state index is -0.348. The highest BCUT2D eigenvalue weighted by atomic mass is 16.2. The van der Waals surface area contributed by atoms with Crippen molar-refractivity contribution >= 4 is 5.91 Å². The molecule has 1 N–H and O–H groups in total. The fraction of sp³-hybridized carbons (Fsp3) is 0.950. The SMILES string of the molecule is CC12CC3CC(C1)C(NC(=O)C(C)(C)N1CCCCC1)C(C3)C2. The quantitative estimate of drug-likeness (QED) is 0.862. The van der Waals surface area contributed by atoms with Gasteiger partial charge in [-0.2, -0.15) is 0 Å². The van der Waals surface area contributed by atoms with Crippen LogP contribution in [0.2, 0.25) is 0 Å². The molecule has 1 saturated heterocycles. The number of nitrogens with zero attached hydrogens (tertiary/aromatic N) is 1. The van der Waals surface area contributed by atoms with Gasteiger partial charge in [-0.05, 0) is 95.1 Å². The molecule has 5 fully saturated rings. The summed E-state index contributed by atoms with van der Waals surface area (Å²) < 4.78 is 0. The first-order valence-corrected chi connectivity index (χ1v) is 9.93. The summed E-state index contributed by atoms with van der Waals surface area (Å²) in [6.07, 6.45) is 10.7. The minimum Gasteiger partial charge on any atom is -0.351 e. The van der Waals surface area contributed by atoms with Crippen molar-refractivity contribution in [3.8, 4) is 0 Å². The molecule has 0 aromatic heterocycles. The molecule has 0 spiro atoms. The summed E-state index contributed by atoms with van der Waals surface area (Å²) in [6.45, 7) is 8.92. The Morgan fingerprint density at radius 1 is 1.04 bits per heavy atom. The number of piperidine rings is 1. The standard InChI is InChI=1S/C20H34N2O/c1-19(2,22-7-5-4-6-8-22)18(23)21-17-15-9-14-10-16(17)13-20(3,11-14)12-15/h14-17H,4-13H2,1-3H3,(H,21,23). The molecule has 23 heavy (non-hydrogen) atoms. The molecular formula is C20H34N2O. The maximum atomic E-state index is 13.1. The van der Waals surface area contributed by atoms with Crippen LogP contribution in [0.3, 0.4) is 0 Å². The molecule has 4 bridgehead atoms. The van der Waals surface area contributed by atoms with Crippen molar-refractivity contribution in [3.05, 3.63) is 0 Å². The molecule has 1 heterocycles. The van der Waals surface area contributed by atoms with Crippen LogP contribution in [-0.4, -0.2) is 35.5 Å². The molecule has 2 atom stereocenters. The first-order valence-electron chi connectivity index (χ1n) is 9.93. The monoisotopic (exact) mass is 318 g/mol. The highest BCUT2D eigenvalue weighted by Crippen LogP contribution is 2.59. The molecule has 4 aliphatic carbocycles. The van der Waals surface area contributed by atoms with Crippen molar-refractivity contribution in [1.82, 2.24) is 10.2 Å². The fourth-order valence-corrected chi connectivity index (χ4v) is 6.59. The summed E-state index contributed by atoms with van der Waals surface area (Å²) in [5.74, 6) is 2.71. The second-order valence-corrected chi connectivity index (χ2v) is 9.89. The Bertz CT molecular complexity index is 464. The van der Waals surface area contributed by atoms with E-state index in [9.17, 15) is 4.79 Å². The van der Waals surface area contributed by atoms with Crippen LogP contribution in [0.25, 0.3) is 0 Å². The van der Waals surface area contributed by atoms with Crippen LogP contribution >= 0.6 is 0 Å². The Kier molecular flexibility index (Phi) is 3.79. The fourth-order valence-electron chi connectivity index (χ4n) is 6.59. The number of carbonyl (C=O) groups is 1. The van der Waals surface area contributed by atoms with Crippen molar-refractivity contribution in [2.75, 3.05) is 13.1 Å². The van der Waals surface area contributed by atoms with Gasteiger partial charge in [-0.1, -0.05) is 13.3 Å². The molecule has 0 aromatic rings. The van der Waals surface area contributed by atoms with E-state index < -0.39 is 0 Å². The van der Waals surface area contributed by atoms with Crippen LogP contribution in [0.4, 0.5) is 0 Å². The van der Waals surface area contributed by atoms with E-state index in [0.717, 1.165) is 30.8 Å². The van der Waals surface area contributed by atoms with Crippen molar-refractivity contribution in [2.45, 2.75) is 83.7 Å². The first kappa shape index (κ1) is 15.9. The van der Waals surface area contributed by atoms with E-state index in [-0.39, 0.29) is 11.4 Å². The molecule has 4 saturated carbocycles. The molecule has 0 radical (unpaired) electrons. The zero-order chi connectivity index (χ0) is 16.2. The third-order valence-electron chi connectivity index (χ3n) is 7.58. The van der Waals surface area contributed by atoms with E-state index in [1.807, 2.05) is 0 Å². The maximum absolute atomic E-state index is 13.1. The molecule has 5 rings (SSSR count). The highest BCUT2D eigenvalue weighted by molar-refractivity contribution is 5.85. The minimum absolute atomic E-state index is 0.280. The van der Waals surface area contributed by atoms with Gasteiger partial charge in [0.1, 0.15) is 0 Å². The number of rotatable bonds is 3. The van der Waals surface area contributed by atoms with Gasteiger partial charge in [0.25, 0.3) is 0 Å². The van der Waals surface area contributed by atoms with Gasteiger partial charge >= 0.3 is 0 Å². The number of amides is 1. The Labute approximate surface area is 141 Å². The Hall–Kier alpha value is -0.570. The maximum Gasteiger partial charge on any atom is 0.240 e. The van der Waals surface area contributed by atoms with Gasteiger partial charge in [0.15, 0.2) is 0 Å². The van der Waals surface area contributed by atoms with Gasteiger partial charge in [0.2, 0.25) is 5.91 Å². The van der Waals surface area contributed by atoms with Gasteiger partial charge < -0.3 is 5.32 Å². The predicted molar refractivity (Wildman–Crippen MR) is 93.1 cm³/mol. The van der Waals surface area contributed by atoms with E-state index in [4.69, 9.17) is 0 Å². The first-order chi connectivity index (χ1) is 10.9. The van der Waals surface area contributed by atoms with E-state index in [0.29, 0.717) is 11.5 Å². The van der Waals surface area contributed by atoms with Gasteiger partial charge in [-0.15, -0.1) is 0 Å². The van der Waals surface area contributed by atoms with Crippen LogP contribution in [-0.2, 0) is 4.79 Å². The molecule has 1 amide bonds. The van der Waals surface area contributed by atoms with Crippen LogP contribution in [0.1, 0.15) is 72.1 Å². The third-order valence-corrected chi connectivity index (χ3v) is 7.58. The summed E-state index contributed by atoms with van der Waals surface area (Å²) in [5.41, 5.74) is 0.235. The van der Waals surface area contributed by atoms with Gasteiger partial charge in [0, 0.05) is 6.04 Å². The largest absolute Gasteiger partial charge is 0.351 e. The Morgan fingerprint density at radius 2 is 1.65 bits per heavy atom. The summed E-state index contributed by atoms with van der Waals surface area (Å²) in [4.78, 5) is 15.5. The number of hydrogen-bond donors (Lipinski definition) is 1. The summed E-state index contributed by atoms with van der Waals surface area (Å²) in [6, 6.07) is 0.455. The lowest BCUT2D eigenvalue weighted by atomic mass is 9.48. The van der Waals surface area contributed by atoms with Gasteiger partial charge in [0.05, 0.1) is 5.54 Å². The number of carbonyl (C=O) groups excluding carboxylic acids is 1. The summed E-state index contributed by atoms with van der Waals surface area (Å²) >= 11 is 0. The van der Waals surface area contributed by atoms with Crippen LogP contribution < -0.4 is 5.32 Å². The lowest BCUT2D eigenvalue weighted by Gasteiger charge is -2.59. The van der Waals surface area contributed by atoms with E-state index >= 15 is 0 Å². The van der Waals surface area contributed by atoms with Crippen LogP contribution in [0, 0.1) is 23.2 Å². The van der Waals surface area contributed by atoms with E-state index in [1.165, 1.54) is 51.4 Å². The number of hydrogen-bond acceptors (Lipinski definition) is 2. The Balaban J connectivity index is 1.44. The molecule has 3 heteroatoms. The number of nitrogens with one attached hydrogen (secondary N) is 1. The zero-order valence-corrected chi connectivity index (χ0v) is 15.2.